The first-order valence-electron chi connectivity index (χ1n) is 6.19. The number of methoxy groups -OCH3 is 1. The summed E-state index contributed by atoms with van der Waals surface area (Å²) in [5.74, 6) is 0.823. The van der Waals surface area contributed by atoms with E-state index in [0.717, 1.165) is 38.6 Å². The smallest absolute Gasteiger partial charge is 0.0589 e. The summed E-state index contributed by atoms with van der Waals surface area (Å²) in [6.07, 6.45) is 3.87. The van der Waals surface area contributed by atoms with Crippen LogP contribution in [-0.2, 0) is 4.74 Å². The highest BCUT2D eigenvalue weighted by atomic mass is 16.5. The third-order valence-electron chi connectivity index (χ3n) is 3.88. The molecule has 1 unspecified atom stereocenters. The largest absolute Gasteiger partial charge is 0.383 e. The van der Waals surface area contributed by atoms with Crippen LogP contribution in [0.25, 0.3) is 0 Å². The Hall–Kier alpha value is -0.120. The van der Waals surface area contributed by atoms with Gasteiger partial charge in [0.1, 0.15) is 0 Å². The second-order valence-electron chi connectivity index (χ2n) is 4.51. The molecule has 1 saturated carbocycles. The third kappa shape index (κ3) is 2.71. The second kappa shape index (κ2) is 5.83. The molecule has 1 fully saturated rings. The van der Waals surface area contributed by atoms with Crippen molar-refractivity contribution in [2.75, 3.05) is 33.4 Å². The monoisotopic (exact) mass is 214 g/mol. The highest BCUT2D eigenvalue weighted by molar-refractivity contribution is 5.02. The lowest BCUT2D eigenvalue weighted by molar-refractivity contribution is 0.0456. The van der Waals surface area contributed by atoms with E-state index in [1.54, 1.807) is 7.11 Å². The molecule has 0 radical (unpaired) electrons. The summed E-state index contributed by atoms with van der Waals surface area (Å²) in [7, 11) is 1.76. The number of nitrogens with two attached hydrogens (primary N) is 1. The lowest BCUT2D eigenvalue weighted by Gasteiger charge is -2.43. The first kappa shape index (κ1) is 12.9. The summed E-state index contributed by atoms with van der Waals surface area (Å²) in [5, 5.41) is 0. The zero-order valence-corrected chi connectivity index (χ0v) is 10.5. The maximum Gasteiger partial charge on any atom is 0.0589 e. The van der Waals surface area contributed by atoms with E-state index in [1.165, 1.54) is 12.8 Å². The van der Waals surface area contributed by atoms with Gasteiger partial charge in [0.25, 0.3) is 0 Å². The van der Waals surface area contributed by atoms with Gasteiger partial charge in [0, 0.05) is 25.7 Å². The molecule has 15 heavy (non-hydrogen) atoms. The summed E-state index contributed by atoms with van der Waals surface area (Å²) in [6, 6.07) is 0. The molecule has 0 saturated heterocycles. The molecular formula is C12H26N2O. The van der Waals surface area contributed by atoms with Crippen LogP contribution in [0.1, 0.15) is 33.1 Å². The average molecular weight is 214 g/mol. The summed E-state index contributed by atoms with van der Waals surface area (Å²) < 4.78 is 5.18. The minimum absolute atomic E-state index is 0.243. The van der Waals surface area contributed by atoms with Gasteiger partial charge in [-0.05, 0) is 31.7 Å². The number of nitrogens with zero attached hydrogens (tertiary/aromatic N) is 1. The minimum Gasteiger partial charge on any atom is -0.383 e. The third-order valence-corrected chi connectivity index (χ3v) is 3.88. The van der Waals surface area contributed by atoms with Crippen molar-refractivity contribution in [3.8, 4) is 0 Å². The van der Waals surface area contributed by atoms with Gasteiger partial charge in [-0.3, -0.25) is 4.90 Å². The van der Waals surface area contributed by atoms with E-state index in [2.05, 4.69) is 18.7 Å². The van der Waals surface area contributed by atoms with Gasteiger partial charge in [0.2, 0.25) is 0 Å². The van der Waals surface area contributed by atoms with Crippen molar-refractivity contribution < 1.29 is 4.74 Å². The van der Waals surface area contributed by atoms with Crippen LogP contribution >= 0.6 is 0 Å². The summed E-state index contributed by atoms with van der Waals surface area (Å²) >= 11 is 0. The second-order valence-corrected chi connectivity index (χ2v) is 4.51. The lowest BCUT2D eigenvalue weighted by atomic mass is 9.88. The molecule has 0 spiro atoms. The SMILES string of the molecule is CCN(CCOC)C(CC)(CN)C1CC1. The molecule has 3 nitrogen and oxygen atoms in total. The normalized spacial score (nSPS) is 20.6. The molecular weight excluding hydrogens is 188 g/mol. The molecule has 0 heterocycles. The topological polar surface area (TPSA) is 38.5 Å². The molecule has 0 bridgehead atoms. The number of hydrogen-bond acceptors (Lipinski definition) is 3. The number of rotatable bonds is 8. The molecule has 1 aliphatic carbocycles. The van der Waals surface area contributed by atoms with Gasteiger partial charge in [-0.15, -0.1) is 0 Å². The van der Waals surface area contributed by atoms with Crippen LogP contribution in [0.2, 0.25) is 0 Å². The van der Waals surface area contributed by atoms with E-state index in [1.807, 2.05) is 0 Å². The molecule has 3 heteroatoms. The fourth-order valence-electron chi connectivity index (χ4n) is 2.73. The Morgan fingerprint density at radius 3 is 2.40 bits per heavy atom. The molecule has 0 aliphatic heterocycles. The fourth-order valence-corrected chi connectivity index (χ4v) is 2.73. The van der Waals surface area contributed by atoms with Gasteiger partial charge in [-0.25, -0.2) is 0 Å². The Bertz CT molecular complexity index is 176. The Labute approximate surface area is 94.0 Å². The van der Waals surface area contributed by atoms with E-state index >= 15 is 0 Å². The van der Waals surface area contributed by atoms with Crippen LogP contribution in [0.4, 0.5) is 0 Å². The summed E-state index contributed by atoms with van der Waals surface area (Å²) in [4.78, 5) is 2.52. The first-order valence-corrected chi connectivity index (χ1v) is 6.19. The Morgan fingerprint density at radius 1 is 1.40 bits per heavy atom. The lowest BCUT2D eigenvalue weighted by Crippen LogP contribution is -2.56. The molecule has 0 amide bonds. The standard InChI is InChI=1S/C12H26N2O/c1-4-12(10-13,11-6-7-11)14(5-2)8-9-15-3/h11H,4-10,13H2,1-3H3. The molecule has 90 valence electrons. The van der Waals surface area contributed by atoms with Crippen molar-refractivity contribution in [2.24, 2.45) is 11.7 Å². The molecule has 0 aromatic heterocycles. The molecule has 1 atom stereocenters. The van der Waals surface area contributed by atoms with Crippen molar-refractivity contribution >= 4 is 0 Å². The van der Waals surface area contributed by atoms with Crippen LogP contribution in [0, 0.1) is 5.92 Å². The van der Waals surface area contributed by atoms with Gasteiger partial charge in [0.05, 0.1) is 6.61 Å². The first-order chi connectivity index (χ1) is 7.25. The fraction of sp³-hybridized carbons (Fsp3) is 1.00. The predicted molar refractivity (Wildman–Crippen MR) is 63.9 cm³/mol. The van der Waals surface area contributed by atoms with E-state index in [9.17, 15) is 0 Å². The Balaban J connectivity index is 2.65. The van der Waals surface area contributed by atoms with Gasteiger partial charge in [0.15, 0.2) is 0 Å². The van der Waals surface area contributed by atoms with Crippen molar-refractivity contribution in [3.63, 3.8) is 0 Å². The van der Waals surface area contributed by atoms with Gasteiger partial charge in [-0.1, -0.05) is 13.8 Å². The highest BCUT2D eigenvalue weighted by Crippen LogP contribution is 2.44. The zero-order chi connectivity index (χ0) is 11.3. The predicted octanol–water partition coefficient (Wildman–Crippen LogP) is 1.47. The molecule has 1 aliphatic rings. The van der Waals surface area contributed by atoms with E-state index in [-0.39, 0.29) is 5.54 Å². The molecule has 2 N–H and O–H groups in total. The molecule has 0 aromatic carbocycles. The quantitative estimate of drug-likeness (QED) is 0.665. The number of ether oxygens (including phenoxy) is 1. The van der Waals surface area contributed by atoms with E-state index < -0.39 is 0 Å². The van der Waals surface area contributed by atoms with Crippen LogP contribution in [0.15, 0.2) is 0 Å². The maximum absolute atomic E-state index is 6.02. The highest BCUT2D eigenvalue weighted by Gasteiger charge is 2.46. The van der Waals surface area contributed by atoms with Crippen LogP contribution in [0.3, 0.4) is 0 Å². The minimum atomic E-state index is 0.243. The van der Waals surface area contributed by atoms with Gasteiger partial charge in [-0.2, -0.15) is 0 Å². The zero-order valence-electron chi connectivity index (χ0n) is 10.5. The van der Waals surface area contributed by atoms with Gasteiger partial charge < -0.3 is 10.5 Å². The van der Waals surface area contributed by atoms with Crippen molar-refractivity contribution in [3.05, 3.63) is 0 Å². The summed E-state index contributed by atoms with van der Waals surface area (Å²) in [5.41, 5.74) is 6.27. The number of likely N-dealkylation sites (N-methyl/N-ethyl adjacent to an activating group) is 1. The maximum atomic E-state index is 6.02. The summed E-state index contributed by atoms with van der Waals surface area (Å²) in [6.45, 7) is 8.16. The van der Waals surface area contributed by atoms with E-state index in [0.29, 0.717) is 0 Å². The molecule has 0 aromatic rings. The van der Waals surface area contributed by atoms with Gasteiger partial charge >= 0.3 is 0 Å². The Morgan fingerprint density at radius 2 is 2.07 bits per heavy atom. The van der Waals surface area contributed by atoms with Crippen LogP contribution < -0.4 is 5.73 Å². The average Bonchev–Trinajstić information content (AvgIpc) is 3.09. The van der Waals surface area contributed by atoms with E-state index in [4.69, 9.17) is 10.5 Å². The van der Waals surface area contributed by atoms with Crippen molar-refractivity contribution in [1.82, 2.24) is 4.90 Å². The molecule has 1 rings (SSSR count). The Kier molecular flexibility index (Phi) is 5.03. The van der Waals surface area contributed by atoms with Crippen molar-refractivity contribution in [1.29, 1.82) is 0 Å². The van der Waals surface area contributed by atoms with Crippen LogP contribution in [0.5, 0.6) is 0 Å². The van der Waals surface area contributed by atoms with Crippen LogP contribution in [-0.4, -0.2) is 43.8 Å². The van der Waals surface area contributed by atoms with Crippen molar-refractivity contribution in [2.45, 2.75) is 38.6 Å². The number of hydrogen-bond donors (Lipinski definition) is 1.